The van der Waals surface area contributed by atoms with Gasteiger partial charge in [-0.1, -0.05) is 0 Å². The zero-order valence-corrected chi connectivity index (χ0v) is 16.7. The fourth-order valence-electron chi connectivity index (χ4n) is 2.65. The van der Waals surface area contributed by atoms with Gasteiger partial charge in [0.1, 0.15) is 4.90 Å². The largest absolute Gasteiger partial charge is 0.493 e. The summed E-state index contributed by atoms with van der Waals surface area (Å²) in [6.45, 7) is 4.82. The summed E-state index contributed by atoms with van der Waals surface area (Å²) in [4.78, 5) is 0.187. The minimum atomic E-state index is -3.61. The first-order chi connectivity index (χ1) is 10.3. The molecule has 132 valence electrons. The molecule has 0 bridgehead atoms. The highest BCUT2D eigenvalue weighted by Crippen LogP contribution is 2.37. The van der Waals surface area contributed by atoms with E-state index in [-0.39, 0.29) is 29.4 Å². The molecule has 1 aliphatic rings. The Morgan fingerprint density at radius 2 is 1.61 bits per heavy atom. The summed E-state index contributed by atoms with van der Waals surface area (Å²) >= 11 is 3.33. The summed E-state index contributed by atoms with van der Waals surface area (Å²) in [7, 11) is -0.610. The van der Waals surface area contributed by atoms with Crippen LogP contribution in [0.5, 0.6) is 11.5 Å². The van der Waals surface area contributed by atoms with E-state index in [4.69, 9.17) is 9.47 Å². The van der Waals surface area contributed by atoms with Crippen LogP contribution >= 0.6 is 28.3 Å². The maximum Gasteiger partial charge on any atom is 0.244 e. The summed E-state index contributed by atoms with van der Waals surface area (Å²) in [6.07, 6.45) is 0. The molecule has 1 aromatic carbocycles. The molecule has 0 aliphatic carbocycles. The van der Waals surface area contributed by atoms with Crippen molar-refractivity contribution < 1.29 is 17.9 Å². The van der Waals surface area contributed by atoms with Crippen molar-refractivity contribution in [1.82, 2.24) is 9.62 Å². The van der Waals surface area contributed by atoms with Crippen molar-refractivity contribution in [1.29, 1.82) is 0 Å². The van der Waals surface area contributed by atoms with Crippen molar-refractivity contribution in [3.63, 3.8) is 0 Å². The molecule has 0 amide bonds. The summed E-state index contributed by atoms with van der Waals surface area (Å²) in [5.74, 6) is 0.871. The lowest BCUT2D eigenvalue weighted by Crippen LogP contribution is -2.55. The lowest BCUT2D eigenvalue weighted by Gasteiger charge is -2.35. The zero-order chi connectivity index (χ0) is 16.5. The summed E-state index contributed by atoms with van der Waals surface area (Å²) in [5, 5.41) is 3.33. The van der Waals surface area contributed by atoms with Gasteiger partial charge in [0.2, 0.25) is 10.0 Å². The number of hydrogen-bond acceptors (Lipinski definition) is 5. The second-order valence-electron chi connectivity index (χ2n) is 5.43. The van der Waals surface area contributed by atoms with E-state index in [1.54, 1.807) is 6.07 Å². The fourth-order valence-corrected chi connectivity index (χ4v) is 5.26. The highest BCUT2D eigenvalue weighted by Gasteiger charge is 2.33. The van der Waals surface area contributed by atoms with Crippen molar-refractivity contribution in [2.45, 2.75) is 30.8 Å². The monoisotopic (exact) mass is 428 g/mol. The third kappa shape index (κ3) is 4.30. The van der Waals surface area contributed by atoms with Crippen LogP contribution in [0.25, 0.3) is 0 Å². The quantitative estimate of drug-likeness (QED) is 0.795. The van der Waals surface area contributed by atoms with Crippen LogP contribution in [0, 0.1) is 0 Å². The number of nitrogens with one attached hydrogen (secondary N) is 1. The molecular weight excluding hydrogens is 408 g/mol. The molecule has 2 unspecified atom stereocenters. The average Bonchev–Trinajstić information content (AvgIpc) is 2.45. The number of halogens is 2. The highest BCUT2D eigenvalue weighted by atomic mass is 79.9. The molecule has 23 heavy (non-hydrogen) atoms. The molecule has 1 N–H and O–H groups in total. The molecule has 0 saturated carbocycles. The number of ether oxygens (including phenoxy) is 2. The van der Waals surface area contributed by atoms with Gasteiger partial charge in [0, 0.05) is 35.7 Å². The van der Waals surface area contributed by atoms with E-state index >= 15 is 0 Å². The van der Waals surface area contributed by atoms with E-state index in [1.165, 1.54) is 24.6 Å². The van der Waals surface area contributed by atoms with Crippen molar-refractivity contribution in [2.24, 2.45) is 0 Å². The number of nitrogens with zero attached hydrogens (tertiary/aromatic N) is 1. The molecule has 0 radical (unpaired) electrons. The highest BCUT2D eigenvalue weighted by molar-refractivity contribution is 9.10. The van der Waals surface area contributed by atoms with E-state index in [2.05, 4.69) is 21.2 Å². The van der Waals surface area contributed by atoms with E-state index in [0.717, 1.165) is 0 Å². The predicted molar refractivity (Wildman–Crippen MR) is 95.3 cm³/mol. The molecule has 1 aromatic rings. The molecule has 6 nitrogen and oxygen atoms in total. The van der Waals surface area contributed by atoms with Gasteiger partial charge in [-0.3, -0.25) is 0 Å². The molecule has 9 heteroatoms. The van der Waals surface area contributed by atoms with Crippen LogP contribution in [0.15, 0.2) is 21.5 Å². The number of hydrogen-bond donors (Lipinski definition) is 1. The zero-order valence-electron chi connectivity index (χ0n) is 13.5. The lowest BCUT2D eigenvalue weighted by atomic mass is 10.2. The van der Waals surface area contributed by atoms with Crippen molar-refractivity contribution in [2.75, 3.05) is 27.3 Å². The first kappa shape index (κ1) is 20.5. The Bertz CT molecular complexity index is 646. The van der Waals surface area contributed by atoms with Crippen molar-refractivity contribution in [3.05, 3.63) is 16.6 Å². The molecule has 0 spiro atoms. The van der Waals surface area contributed by atoms with Crippen LogP contribution < -0.4 is 14.8 Å². The third-order valence-electron chi connectivity index (χ3n) is 3.58. The molecule has 1 saturated heterocycles. The Morgan fingerprint density at radius 1 is 1.13 bits per heavy atom. The van der Waals surface area contributed by atoms with Gasteiger partial charge in [0.15, 0.2) is 11.5 Å². The SMILES string of the molecule is COc1cc(Br)c(S(=O)(=O)N2CC(C)NC(C)C2)cc1OC.Cl. The lowest BCUT2D eigenvalue weighted by molar-refractivity contribution is 0.262. The predicted octanol–water partition coefficient (Wildman–Crippen LogP) is 2.26. The smallest absolute Gasteiger partial charge is 0.244 e. The molecule has 2 atom stereocenters. The maximum absolute atomic E-state index is 12.9. The van der Waals surface area contributed by atoms with Gasteiger partial charge in [0.25, 0.3) is 0 Å². The molecule has 1 aliphatic heterocycles. The standard InChI is InChI=1S/C14H21BrN2O4S.ClH/c1-9-7-17(8-10(2)16-9)22(18,19)14-6-13(21-4)12(20-3)5-11(14)15;/h5-6,9-10,16H,7-8H2,1-4H3;1H. The van der Waals surface area contributed by atoms with Crippen LogP contribution in [-0.2, 0) is 10.0 Å². The number of benzene rings is 1. The van der Waals surface area contributed by atoms with Crippen LogP contribution in [-0.4, -0.2) is 52.1 Å². The van der Waals surface area contributed by atoms with E-state index in [9.17, 15) is 8.42 Å². The second kappa shape index (κ2) is 8.02. The Kier molecular flexibility index (Phi) is 7.15. The minimum absolute atomic E-state index is 0. The van der Waals surface area contributed by atoms with Gasteiger partial charge < -0.3 is 14.8 Å². The molecule has 0 aromatic heterocycles. The second-order valence-corrected chi connectivity index (χ2v) is 8.19. The molecular formula is C14H22BrClN2O4S. The third-order valence-corrected chi connectivity index (χ3v) is 6.37. The topological polar surface area (TPSA) is 67.9 Å². The summed E-state index contributed by atoms with van der Waals surface area (Å²) < 4.78 is 38.3. The number of piperazine rings is 1. The first-order valence-electron chi connectivity index (χ1n) is 6.97. The Balaban J connectivity index is 0.00000264. The minimum Gasteiger partial charge on any atom is -0.493 e. The average molecular weight is 430 g/mol. The van der Waals surface area contributed by atoms with E-state index in [0.29, 0.717) is 29.1 Å². The van der Waals surface area contributed by atoms with Gasteiger partial charge in [0.05, 0.1) is 14.2 Å². The molecule has 1 fully saturated rings. The first-order valence-corrected chi connectivity index (χ1v) is 9.20. The van der Waals surface area contributed by atoms with Gasteiger partial charge in [-0.15, -0.1) is 12.4 Å². The van der Waals surface area contributed by atoms with E-state index in [1.807, 2.05) is 13.8 Å². The van der Waals surface area contributed by atoms with Crippen LogP contribution in [0.1, 0.15) is 13.8 Å². The van der Waals surface area contributed by atoms with Gasteiger partial charge >= 0.3 is 0 Å². The van der Waals surface area contributed by atoms with Crippen molar-refractivity contribution in [3.8, 4) is 11.5 Å². The van der Waals surface area contributed by atoms with Crippen LogP contribution in [0.4, 0.5) is 0 Å². The molecule has 2 rings (SSSR count). The van der Waals surface area contributed by atoms with Gasteiger partial charge in [-0.2, -0.15) is 4.31 Å². The summed E-state index contributed by atoms with van der Waals surface area (Å²) in [5.41, 5.74) is 0. The van der Waals surface area contributed by atoms with E-state index < -0.39 is 10.0 Å². The molecule has 1 heterocycles. The Morgan fingerprint density at radius 3 is 2.09 bits per heavy atom. The van der Waals surface area contributed by atoms with Crippen LogP contribution in [0.2, 0.25) is 0 Å². The Labute approximate surface area is 152 Å². The number of methoxy groups -OCH3 is 2. The van der Waals surface area contributed by atoms with Crippen molar-refractivity contribution >= 4 is 38.4 Å². The normalized spacial score (nSPS) is 22.3. The van der Waals surface area contributed by atoms with Gasteiger partial charge in [-0.25, -0.2) is 8.42 Å². The summed E-state index contributed by atoms with van der Waals surface area (Å²) in [6, 6.07) is 3.33. The fraction of sp³-hybridized carbons (Fsp3) is 0.571. The number of sulfonamides is 1. The van der Waals surface area contributed by atoms with Crippen LogP contribution in [0.3, 0.4) is 0 Å². The van der Waals surface area contributed by atoms with Gasteiger partial charge in [-0.05, 0) is 35.8 Å². The number of rotatable bonds is 4. The maximum atomic E-state index is 12.9. The Hall–Kier alpha value is -0.540.